The van der Waals surface area contributed by atoms with Crippen molar-refractivity contribution < 1.29 is 9.59 Å². The Morgan fingerprint density at radius 3 is 2.70 bits per heavy atom. The predicted molar refractivity (Wildman–Crippen MR) is 101 cm³/mol. The number of pyridine rings is 2. The Balaban J connectivity index is 1.53. The number of nitrogens with one attached hydrogen (secondary N) is 1. The van der Waals surface area contributed by atoms with Crippen molar-refractivity contribution in [1.29, 1.82) is 0 Å². The van der Waals surface area contributed by atoms with Crippen molar-refractivity contribution in [2.75, 3.05) is 0 Å². The van der Waals surface area contributed by atoms with Crippen LogP contribution in [-0.4, -0.2) is 38.8 Å². The van der Waals surface area contributed by atoms with Crippen LogP contribution < -0.4 is 5.32 Å². The molecule has 0 aromatic carbocycles. The molecule has 3 heterocycles. The molecule has 4 rings (SSSR count). The molecule has 1 N–H and O–H groups in total. The molecule has 1 aliphatic carbocycles. The number of hydrogen-bond donors (Lipinski definition) is 1. The normalized spacial score (nSPS) is 23.5. The molecule has 0 radical (unpaired) electrons. The number of aromatic nitrogens is 2. The van der Waals surface area contributed by atoms with E-state index in [0.29, 0.717) is 12.2 Å². The zero-order chi connectivity index (χ0) is 19.0. The molecule has 1 saturated heterocycles. The van der Waals surface area contributed by atoms with Crippen LogP contribution in [0.4, 0.5) is 0 Å². The van der Waals surface area contributed by atoms with Crippen molar-refractivity contribution in [3.8, 4) is 0 Å². The van der Waals surface area contributed by atoms with Crippen LogP contribution in [0.3, 0.4) is 0 Å². The standard InChI is InChI=1S/C21H24N4O2/c1-13-5-3-10-23-18(13)21(27)25-17-8-7-15(11-17)19(25)20(26)24-12-16-6-4-9-22-14(16)2/h3-6,9-10,15,17,19H,7-8,11-12H2,1-2H3,(H,24,26). The summed E-state index contributed by atoms with van der Waals surface area (Å²) in [6.07, 6.45) is 6.25. The van der Waals surface area contributed by atoms with Crippen LogP contribution >= 0.6 is 0 Å². The average Bonchev–Trinajstić information content (AvgIpc) is 3.28. The zero-order valence-corrected chi connectivity index (χ0v) is 15.7. The van der Waals surface area contributed by atoms with E-state index in [9.17, 15) is 9.59 Å². The van der Waals surface area contributed by atoms with Crippen molar-refractivity contribution in [3.63, 3.8) is 0 Å². The molecule has 1 saturated carbocycles. The van der Waals surface area contributed by atoms with E-state index < -0.39 is 6.04 Å². The topological polar surface area (TPSA) is 75.2 Å². The minimum absolute atomic E-state index is 0.0765. The third kappa shape index (κ3) is 3.20. The second kappa shape index (κ2) is 7.10. The molecule has 2 aliphatic rings. The van der Waals surface area contributed by atoms with Gasteiger partial charge in [0.2, 0.25) is 5.91 Å². The van der Waals surface area contributed by atoms with E-state index in [2.05, 4.69) is 15.3 Å². The quantitative estimate of drug-likeness (QED) is 0.904. The second-order valence-electron chi connectivity index (χ2n) is 7.52. The number of carbonyl (C=O) groups excluding carboxylic acids is 2. The Labute approximate surface area is 159 Å². The van der Waals surface area contributed by atoms with Gasteiger partial charge in [0, 0.05) is 30.7 Å². The summed E-state index contributed by atoms with van der Waals surface area (Å²) >= 11 is 0. The van der Waals surface area contributed by atoms with Crippen LogP contribution in [-0.2, 0) is 11.3 Å². The lowest BCUT2D eigenvalue weighted by Crippen LogP contribution is -2.53. The van der Waals surface area contributed by atoms with Gasteiger partial charge >= 0.3 is 0 Å². The molecule has 140 valence electrons. The lowest BCUT2D eigenvalue weighted by atomic mass is 9.97. The molecule has 0 spiro atoms. The maximum Gasteiger partial charge on any atom is 0.273 e. The molecule has 2 aromatic heterocycles. The summed E-state index contributed by atoms with van der Waals surface area (Å²) in [6, 6.07) is 7.27. The van der Waals surface area contributed by atoms with Crippen LogP contribution in [0, 0.1) is 19.8 Å². The number of nitrogens with zero attached hydrogens (tertiary/aromatic N) is 3. The smallest absolute Gasteiger partial charge is 0.273 e. The Morgan fingerprint density at radius 2 is 1.93 bits per heavy atom. The van der Waals surface area contributed by atoms with Gasteiger partial charge < -0.3 is 10.2 Å². The average molecular weight is 364 g/mol. The third-order valence-electron chi connectivity index (χ3n) is 5.87. The maximum absolute atomic E-state index is 13.2. The van der Waals surface area contributed by atoms with Crippen molar-refractivity contribution in [2.45, 2.75) is 51.7 Å². The number of fused-ring (bicyclic) bond motifs is 2. The van der Waals surface area contributed by atoms with Gasteiger partial charge in [-0.05, 0) is 62.3 Å². The predicted octanol–water partition coefficient (Wildman–Crippen LogP) is 2.40. The number of rotatable bonds is 4. The summed E-state index contributed by atoms with van der Waals surface area (Å²) in [5.74, 6) is 0.0309. The summed E-state index contributed by atoms with van der Waals surface area (Å²) in [5.41, 5.74) is 3.19. The SMILES string of the molecule is Cc1cccnc1C(=O)N1C2CCC(C2)C1C(=O)NCc1cccnc1C. The van der Waals surface area contributed by atoms with Crippen molar-refractivity contribution in [2.24, 2.45) is 5.92 Å². The van der Waals surface area contributed by atoms with Crippen LogP contribution in [0.15, 0.2) is 36.7 Å². The Hall–Kier alpha value is -2.76. The summed E-state index contributed by atoms with van der Waals surface area (Å²) in [4.78, 5) is 36.5. The van der Waals surface area contributed by atoms with E-state index in [-0.39, 0.29) is 23.8 Å². The fourth-order valence-corrected chi connectivity index (χ4v) is 4.44. The highest BCUT2D eigenvalue weighted by Crippen LogP contribution is 2.43. The summed E-state index contributed by atoms with van der Waals surface area (Å²) in [6.45, 7) is 4.24. The highest BCUT2D eigenvalue weighted by Gasteiger charge is 2.51. The molecular formula is C21H24N4O2. The highest BCUT2D eigenvalue weighted by atomic mass is 16.2. The van der Waals surface area contributed by atoms with Crippen LogP contribution in [0.1, 0.15) is 46.6 Å². The molecule has 2 fully saturated rings. The van der Waals surface area contributed by atoms with Gasteiger partial charge in [-0.25, -0.2) is 0 Å². The first-order chi connectivity index (χ1) is 13.1. The Kier molecular flexibility index (Phi) is 4.64. The van der Waals surface area contributed by atoms with Crippen molar-refractivity contribution >= 4 is 11.8 Å². The van der Waals surface area contributed by atoms with Crippen LogP contribution in [0.5, 0.6) is 0 Å². The Bertz CT molecular complexity index is 882. The first-order valence-electron chi connectivity index (χ1n) is 9.48. The number of likely N-dealkylation sites (tertiary alicyclic amines) is 1. The molecule has 2 bridgehead atoms. The monoisotopic (exact) mass is 364 g/mol. The molecule has 2 amide bonds. The largest absolute Gasteiger partial charge is 0.350 e. The minimum atomic E-state index is -0.408. The molecule has 3 unspecified atom stereocenters. The number of piperidine rings is 1. The molecule has 6 nitrogen and oxygen atoms in total. The second-order valence-corrected chi connectivity index (χ2v) is 7.52. The van der Waals surface area contributed by atoms with Gasteiger partial charge in [-0.1, -0.05) is 12.1 Å². The van der Waals surface area contributed by atoms with Gasteiger partial charge in [0.15, 0.2) is 0 Å². The molecular weight excluding hydrogens is 340 g/mol. The van der Waals surface area contributed by atoms with E-state index in [1.165, 1.54) is 0 Å². The molecule has 3 atom stereocenters. The summed E-state index contributed by atoms with van der Waals surface area (Å²) < 4.78 is 0. The van der Waals surface area contributed by atoms with E-state index in [4.69, 9.17) is 0 Å². The van der Waals surface area contributed by atoms with Crippen molar-refractivity contribution in [1.82, 2.24) is 20.2 Å². The minimum Gasteiger partial charge on any atom is -0.350 e. The number of aryl methyl sites for hydroxylation is 2. The van der Waals surface area contributed by atoms with Crippen LogP contribution in [0.2, 0.25) is 0 Å². The highest BCUT2D eigenvalue weighted by molar-refractivity contribution is 5.98. The number of amides is 2. The molecule has 27 heavy (non-hydrogen) atoms. The van der Waals surface area contributed by atoms with Crippen LogP contribution in [0.25, 0.3) is 0 Å². The number of carbonyl (C=O) groups is 2. The zero-order valence-electron chi connectivity index (χ0n) is 15.7. The molecule has 6 heteroatoms. The van der Waals surface area contributed by atoms with E-state index in [1.807, 2.05) is 38.1 Å². The van der Waals surface area contributed by atoms with Gasteiger partial charge in [-0.2, -0.15) is 0 Å². The Morgan fingerprint density at radius 1 is 1.15 bits per heavy atom. The maximum atomic E-state index is 13.2. The fourth-order valence-electron chi connectivity index (χ4n) is 4.44. The van der Waals surface area contributed by atoms with Crippen molar-refractivity contribution in [3.05, 3.63) is 59.2 Å². The number of hydrogen-bond acceptors (Lipinski definition) is 4. The van der Waals surface area contributed by atoms with E-state index in [1.54, 1.807) is 17.3 Å². The van der Waals surface area contributed by atoms with Gasteiger partial charge in [-0.15, -0.1) is 0 Å². The van der Waals surface area contributed by atoms with Gasteiger partial charge in [-0.3, -0.25) is 19.6 Å². The summed E-state index contributed by atoms with van der Waals surface area (Å²) in [5, 5.41) is 3.02. The van der Waals surface area contributed by atoms with Gasteiger partial charge in [0.25, 0.3) is 5.91 Å². The molecule has 2 aromatic rings. The first kappa shape index (κ1) is 17.6. The molecule has 1 aliphatic heterocycles. The van der Waals surface area contributed by atoms with Gasteiger partial charge in [0.1, 0.15) is 11.7 Å². The third-order valence-corrected chi connectivity index (χ3v) is 5.87. The lowest BCUT2D eigenvalue weighted by Gasteiger charge is -2.34. The van der Waals surface area contributed by atoms with E-state index in [0.717, 1.165) is 36.1 Å². The van der Waals surface area contributed by atoms with E-state index >= 15 is 0 Å². The summed E-state index contributed by atoms with van der Waals surface area (Å²) in [7, 11) is 0. The van der Waals surface area contributed by atoms with Gasteiger partial charge in [0.05, 0.1) is 0 Å². The fraction of sp³-hybridized carbons (Fsp3) is 0.429. The first-order valence-corrected chi connectivity index (χ1v) is 9.48. The lowest BCUT2D eigenvalue weighted by molar-refractivity contribution is -0.127.